The number of hydrogen-bond donors (Lipinski definition) is 1. The molecule has 1 N–H and O–H groups in total. The van der Waals surface area contributed by atoms with Crippen molar-refractivity contribution in [2.75, 3.05) is 18.6 Å². The van der Waals surface area contributed by atoms with Gasteiger partial charge in [-0.25, -0.2) is 19.6 Å². The summed E-state index contributed by atoms with van der Waals surface area (Å²) in [5.41, 5.74) is -0.585. The summed E-state index contributed by atoms with van der Waals surface area (Å²) in [6.45, 7) is 7.11. The lowest BCUT2D eigenvalue weighted by molar-refractivity contribution is -0.142. The number of hydrogen-bond acceptors (Lipinski definition) is 6. The van der Waals surface area contributed by atoms with Crippen LogP contribution in [0.4, 0.5) is 5.82 Å². The van der Waals surface area contributed by atoms with Crippen LogP contribution in [0.25, 0.3) is 0 Å². The summed E-state index contributed by atoms with van der Waals surface area (Å²) in [7, 11) is 1.24. The summed E-state index contributed by atoms with van der Waals surface area (Å²) < 4.78 is 4.59. The van der Waals surface area contributed by atoms with Crippen LogP contribution in [0.5, 0.6) is 0 Å². The fourth-order valence-corrected chi connectivity index (χ4v) is 1.83. The number of aromatic nitrogens is 2. The number of likely N-dealkylation sites (N-methyl/N-ethyl adjacent to an activating group) is 1. The third-order valence-corrected chi connectivity index (χ3v) is 3.00. The number of carbonyl (C=O) groups is 2. The second-order valence-electron chi connectivity index (χ2n) is 4.79. The van der Waals surface area contributed by atoms with Gasteiger partial charge in [0.25, 0.3) is 0 Å². The van der Waals surface area contributed by atoms with Crippen LogP contribution in [0.3, 0.4) is 0 Å². The average Bonchev–Trinajstić information content (AvgIpc) is 2.37. The summed E-state index contributed by atoms with van der Waals surface area (Å²) in [4.78, 5) is 32.6. The maximum atomic E-state index is 11.5. The topological polar surface area (TPSA) is 92.6 Å². The molecule has 0 amide bonds. The highest BCUT2D eigenvalue weighted by Gasteiger charge is 2.35. The highest BCUT2D eigenvalue weighted by atomic mass is 16.5. The van der Waals surface area contributed by atoms with Crippen molar-refractivity contribution in [3.05, 3.63) is 17.6 Å². The van der Waals surface area contributed by atoms with E-state index in [1.54, 1.807) is 31.7 Å². The van der Waals surface area contributed by atoms with Crippen molar-refractivity contribution in [2.24, 2.45) is 0 Å². The largest absolute Gasteiger partial charge is 0.480 e. The van der Waals surface area contributed by atoms with E-state index in [-0.39, 0.29) is 5.82 Å². The van der Waals surface area contributed by atoms with Crippen molar-refractivity contribution in [1.82, 2.24) is 9.97 Å². The molecule has 0 bridgehead atoms. The zero-order chi connectivity index (χ0) is 15.5. The highest BCUT2D eigenvalue weighted by molar-refractivity contribution is 5.86. The van der Waals surface area contributed by atoms with Crippen molar-refractivity contribution >= 4 is 17.8 Å². The van der Waals surface area contributed by atoms with E-state index in [4.69, 9.17) is 0 Å². The first-order chi connectivity index (χ1) is 9.23. The molecule has 1 aromatic heterocycles. The van der Waals surface area contributed by atoms with Crippen LogP contribution < -0.4 is 4.90 Å². The van der Waals surface area contributed by atoms with Crippen LogP contribution in [-0.4, -0.2) is 46.2 Å². The number of aliphatic carboxylic acids is 1. The average molecular weight is 281 g/mol. The van der Waals surface area contributed by atoms with Gasteiger partial charge in [-0.15, -0.1) is 0 Å². The zero-order valence-electron chi connectivity index (χ0n) is 12.3. The number of aryl methyl sites for hydroxylation is 1. The molecule has 0 unspecified atom stereocenters. The van der Waals surface area contributed by atoms with Gasteiger partial charge in [-0.1, -0.05) is 0 Å². The number of rotatable bonds is 5. The smallest absolute Gasteiger partial charge is 0.376 e. The molecule has 0 aliphatic heterocycles. The molecular weight excluding hydrogens is 262 g/mol. The molecule has 0 fully saturated rings. The second kappa shape index (κ2) is 5.85. The minimum absolute atomic E-state index is 0.0814. The third kappa shape index (κ3) is 3.04. The molecule has 1 heterocycles. The van der Waals surface area contributed by atoms with Gasteiger partial charge in [0.2, 0.25) is 5.82 Å². The number of carboxylic acids is 1. The Bertz CT molecular complexity index is 528. The van der Waals surface area contributed by atoms with E-state index in [2.05, 4.69) is 14.7 Å². The lowest BCUT2D eigenvalue weighted by Gasteiger charge is -2.35. The zero-order valence-corrected chi connectivity index (χ0v) is 12.3. The van der Waals surface area contributed by atoms with Gasteiger partial charge in [-0.3, -0.25) is 0 Å². The Morgan fingerprint density at radius 3 is 2.45 bits per heavy atom. The van der Waals surface area contributed by atoms with Crippen molar-refractivity contribution in [3.8, 4) is 0 Å². The summed E-state index contributed by atoms with van der Waals surface area (Å²) in [6, 6.07) is 1.64. The molecule has 0 saturated carbocycles. The maximum Gasteiger partial charge on any atom is 0.376 e. The molecule has 1 rings (SSSR count). The molecule has 1 aromatic rings. The SMILES string of the molecule is CCN(c1cc(C)nc(C(=O)OC)n1)C(C)(C)C(=O)O. The molecule has 0 aliphatic rings. The highest BCUT2D eigenvalue weighted by Crippen LogP contribution is 2.23. The van der Waals surface area contributed by atoms with Gasteiger partial charge < -0.3 is 14.7 Å². The second-order valence-corrected chi connectivity index (χ2v) is 4.79. The summed E-state index contributed by atoms with van der Waals surface area (Å²) >= 11 is 0. The Hall–Kier alpha value is -2.18. The number of nitrogens with zero attached hydrogens (tertiary/aromatic N) is 3. The molecule has 7 heteroatoms. The molecule has 110 valence electrons. The lowest BCUT2D eigenvalue weighted by atomic mass is 10.0. The fraction of sp³-hybridized carbons (Fsp3) is 0.538. The van der Waals surface area contributed by atoms with Crippen molar-refractivity contribution in [3.63, 3.8) is 0 Å². The van der Waals surface area contributed by atoms with Crippen LogP contribution in [0, 0.1) is 6.92 Å². The first-order valence-corrected chi connectivity index (χ1v) is 6.19. The number of anilines is 1. The molecule has 0 radical (unpaired) electrons. The number of esters is 1. The summed E-state index contributed by atoms with van der Waals surface area (Å²) in [5, 5.41) is 9.32. The quantitative estimate of drug-likeness (QED) is 0.812. The number of carboxylic acid groups (broad SMARTS) is 1. The first-order valence-electron chi connectivity index (χ1n) is 6.19. The standard InChI is InChI=1S/C13H19N3O4/c1-6-16(13(3,4)12(18)19)9-7-8(2)14-10(15-9)11(17)20-5/h7H,6H2,1-5H3,(H,18,19). The minimum atomic E-state index is -1.15. The summed E-state index contributed by atoms with van der Waals surface area (Å²) in [5.74, 6) is -1.33. The summed E-state index contributed by atoms with van der Waals surface area (Å²) in [6.07, 6.45) is 0. The van der Waals surface area contributed by atoms with E-state index < -0.39 is 17.5 Å². The maximum absolute atomic E-state index is 11.5. The van der Waals surface area contributed by atoms with Crippen molar-refractivity contribution in [1.29, 1.82) is 0 Å². The van der Waals surface area contributed by atoms with E-state index in [1.165, 1.54) is 7.11 Å². The monoisotopic (exact) mass is 281 g/mol. The van der Waals surface area contributed by atoms with E-state index in [1.807, 2.05) is 6.92 Å². The molecule has 0 saturated heterocycles. The molecule has 0 atom stereocenters. The molecule has 0 spiro atoms. The van der Waals surface area contributed by atoms with Crippen molar-refractivity contribution < 1.29 is 19.4 Å². The van der Waals surface area contributed by atoms with Gasteiger partial charge in [-0.05, 0) is 27.7 Å². The van der Waals surface area contributed by atoms with Crippen LogP contribution in [0.2, 0.25) is 0 Å². The van der Waals surface area contributed by atoms with Crippen LogP contribution in [0.15, 0.2) is 6.07 Å². The van der Waals surface area contributed by atoms with E-state index >= 15 is 0 Å². The normalized spacial score (nSPS) is 11.1. The minimum Gasteiger partial charge on any atom is -0.480 e. The van der Waals surface area contributed by atoms with Crippen LogP contribution in [0.1, 0.15) is 37.1 Å². The molecule has 7 nitrogen and oxygen atoms in total. The molecular formula is C13H19N3O4. The number of ether oxygens (including phenoxy) is 1. The van der Waals surface area contributed by atoms with Crippen LogP contribution in [-0.2, 0) is 9.53 Å². The Labute approximate surface area is 117 Å². The Morgan fingerprint density at radius 2 is 2.00 bits per heavy atom. The fourth-order valence-electron chi connectivity index (χ4n) is 1.83. The number of methoxy groups -OCH3 is 1. The Balaban J connectivity index is 3.33. The Morgan fingerprint density at radius 1 is 1.40 bits per heavy atom. The van der Waals surface area contributed by atoms with Gasteiger partial charge in [0, 0.05) is 18.3 Å². The lowest BCUT2D eigenvalue weighted by Crippen LogP contribution is -2.50. The van der Waals surface area contributed by atoms with Gasteiger partial charge in [0.15, 0.2) is 0 Å². The first kappa shape index (κ1) is 15.9. The third-order valence-electron chi connectivity index (χ3n) is 3.00. The molecule has 0 aliphatic carbocycles. The molecule has 20 heavy (non-hydrogen) atoms. The van der Waals surface area contributed by atoms with Gasteiger partial charge >= 0.3 is 11.9 Å². The van der Waals surface area contributed by atoms with Gasteiger partial charge in [0.05, 0.1) is 7.11 Å². The van der Waals surface area contributed by atoms with Crippen molar-refractivity contribution in [2.45, 2.75) is 33.2 Å². The van der Waals surface area contributed by atoms with E-state index in [0.29, 0.717) is 18.1 Å². The Kier molecular flexibility index (Phi) is 4.65. The van der Waals surface area contributed by atoms with Crippen LogP contribution >= 0.6 is 0 Å². The van der Waals surface area contributed by atoms with Gasteiger partial charge in [0.1, 0.15) is 11.4 Å². The van der Waals surface area contributed by atoms with Gasteiger partial charge in [-0.2, -0.15) is 0 Å². The van der Waals surface area contributed by atoms with E-state index in [0.717, 1.165) is 0 Å². The molecule has 0 aromatic carbocycles. The predicted molar refractivity (Wildman–Crippen MR) is 72.8 cm³/mol. The predicted octanol–water partition coefficient (Wildman–Crippen LogP) is 1.26. The number of carbonyl (C=O) groups excluding carboxylic acids is 1. The van der Waals surface area contributed by atoms with E-state index in [9.17, 15) is 14.7 Å².